The lowest BCUT2D eigenvalue weighted by molar-refractivity contribution is 0.615. The smallest absolute Gasteiger partial charge is 0.227 e. The third-order valence-electron chi connectivity index (χ3n) is 14.3. The van der Waals surface area contributed by atoms with Crippen LogP contribution in [-0.2, 0) is 10.8 Å². The van der Waals surface area contributed by atoms with Gasteiger partial charge in [-0.1, -0.05) is 131 Å². The molecule has 0 N–H and O–H groups in total. The van der Waals surface area contributed by atoms with Crippen LogP contribution in [0.3, 0.4) is 0 Å². The van der Waals surface area contributed by atoms with Gasteiger partial charge in [-0.2, -0.15) is 0 Å². The number of anilines is 6. The van der Waals surface area contributed by atoms with Crippen LogP contribution < -0.4 is 9.80 Å². The molecule has 2 aromatic heterocycles. The van der Waals surface area contributed by atoms with Gasteiger partial charge in [-0.25, -0.2) is 9.97 Å². The van der Waals surface area contributed by atoms with Gasteiger partial charge in [0.1, 0.15) is 11.0 Å². The predicted molar refractivity (Wildman–Crippen MR) is 277 cm³/mol. The van der Waals surface area contributed by atoms with Gasteiger partial charge in [0.05, 0.1) is 22.7 Å². The molecule has 0 aliphatic carbocycles. The highest BCUT2D eigenvalue weighted by Crippen LogP contribution is 2.54. The Kier molecular flexibility index (Phi) is 8.80. The molecule has 9 aromatic carbocycles. The SMILES string of the molecule is CC1(C)c2ccccc2N(c2ccc(-c3cccc(-c4ccc(N5c6ccccc6C(C)(C)c6cc(-c7nc8ccccc8o7)ccc65)cc4)c3)cc2)c2ccc(-c3nc4ccccc4o3)cc21. The summed E-state index contributed by atoms with van der Waals surface area (Å²) in [5.41, 5.74) is 21.2. The molecule has 68 heavy (non-hydrogen) atoms. The van der Waals surface area contributed by atoms with E-state index in [9.17, 15) is 0 Å². The van der Waals surface area contributed by atoms with Crippen molar-refractivity contribution in [1.29, 1.82) is 0 Å². The summed E-state index contributed by atoms with van der Waals surface area (Å²) in [5, 5.41) is 0. The highest BCUT2D eigenvalue weighted by atomic mass is 16.4. The van der Waals surface area contributed by atoms with Gasteiger partial charge in [0, 0.05) is 33.3 Å². The van der Waals surface area contributed by atoms with Crippen LogP contribution >= 0.6 is 0 Å². The van der Waals surface area contributed by atoms with E-state index in [-0.39, 0.29) is 10.8 Å². The summed E-state index contributed by atoms with van der Waals surface area (Å²) < 4.78 is 12.5. The molecule has 2 aliphatic heterocycles. The minimum atomic E-state index is -0.248. The van der Waals surface area contributed by atoms with Crippen LogP contribution in [0.5, 0.6) is 0 Å². The van der Waals surface area contributed by atoms with Gasteiger partial charge in [0.25, 0.3) is 0 Å². The van der Waals surface area contributed by atoms with Crippen molar-refractivity contribution >= 4 is 56.3 Å². The van der Waals surface area contributed by atoms with Crippen LogP contribution in [0.15, 0.2) is 215 Å². The standard InChI is InChI=1S/C62H46N4O2/c1-61(2)47-16-5-9-20-53(47)65(55-34-28-43(37-49(55)61)59-63-51-18-7-11-22-57(51)67-59)45-30-24-39(25-31-45)41-14-13-15-42(36-41)40-26-32-46(33-27-40)66-54-21-10-6-17-48(54)62(3,4)50-38-44(29-35-56(50)66)60-64-52-19-8-12-23-58(52)68-60/h5-38H,1-4H3. The largest absolute Gasteiger partial charge is 0.436 e. The molecule has 2 aliphatic rings. The summed E-state index contributed by atoms with van der Waals surface area (Å²) >= 11 is 0. The maximum Gasteiger partial charge on any atom is 0.227 e. The van der Waals surface area contributed by atoms with Crippen LogP contribution in [0.4, 0.5) is 34.1 Å². The van der Waals surface area contributed by atoms with Crippen LogP contribution in [0.1, 0.15) is 49.9 Å². The molecular formula is C62H46N4O2. The molecule has 326 valence electrons. The lowest BCUT2D eigenvalue weighted by atomic mass is 9.73. The van der Waals surface area contributed by atoms with Crippen molar-refractivity contribution in [3.8, 4) is 45.2 Å². The summed E-state index contributed by atoms with van der Waals surface area (Å²) in [6.45, 7) is 9.24. The van der Waals surface area contributed by atoms with E-state index in [2.05, 4.69) is 195 Å². The van der Waals surface area contributed by atoms with E-state index in [4.69, 9.17) is 18.8 Å². The molecule has 11 aromatic rings. The maximum absolute atomic E-state index is 6.24. The minimum Gasteiger partial charge on any atom is -0.436 e. The molecule has 0 bridgehead atoms. The molecule has 0 spiro atoms. The van der Waals surface area contributed by atoms with Crippen LogP contribution in [0, 0.1) is 0 Å². The molecule has 0 amide bonds. The molecule has 6 nitrogen and oxygen atoms in total. The Labute approximate surface area is 395 Å². The maximum atomic E-state index is 6.24. The molecular weight excluding hydrogens is 833 g/mol. The summed E-state index contributed by atoms with van der Waals surface area (Å²) in [5.74, 6) is 1.27. The molecule has 0 fully saturated rings. The van der Waals surface area contributed by atoms with E-state index in [1.165, 1.54) is 33.6 Å². The van der Waals surface area contributed by atoms with E-state index in [0.717, 1.165) is 78.3 Å². The number of hydrogen-bond acceptors (Lipinski definition) is 6. The topological polar surface area (TPSA) is 58.5 Å². The average Bonchev–Trinajstić information content (AvgIpc) is 4.03. The van der Waals surface area contributed by atoms with Gasteiger partial charge >= 0.3 is 0 Å². The highest BCUT2D eigenvalue weighted by molar-refractivity contribution is 5.90. The van der Waals surface area contributed by atoms with Gasteiger partial charge in [-0.3, -0.25) is 0 Å². The van der Waals surface area contributed by atoms with E-state index in [0.29, 0.717) is 11.8 Å². The number of oxazole rings is 2. The van der Waals surface area contributed by atoms with E-state index in [1.807, 2.05) is 48.5 Å². The molecule has 0 atom stereocenters. The minimum absolute atomic E-state index is 0.248. The lowest BCUT2D eigenvalue weighted by Crippen LogP contribution is -2.30. The first kappa shape index (κ1) is 39.8. The Morgan fingerprint density at radius 2 is 0.706 bits per heavy atom. The zero-order chi connectivity index (χ0) is 45.7. The Bertz CT molecular complexity index is 3450. The highest BCUT2D eigenvalue weighted by Gasteiger charge is 2.39. The van der Waals surface area contributed by atoms with Crippen molar-refractivity contribution in [3.05, 3.63) is 229 Å². The second kappa shape index (κ2) is 15.0. The zero-order valence-electron chi connectivity index (χ0n) is 38.2. The van der Waals surface area contributed by atoms with Gasteiger partial charge in [-0.15, -0.1) is 0 Å². The lowest BCUT2D eigenvalue weighted by Gasteiger charge is -2.42. The fourth-order valence-corrected chi connectivity index (χ4v) is 10.7. The number of hydrogen-bond donors (Lipinski definition) is 0. The van der Waals surface area contributed by atoms with Crippen LogP contribution in [0.25, 0.3) is 67.4 Å². The number of aromatic nitrogens is 2. The second-order valence-corrected chi connectivity index (χ2v) is 19.1. The number of para-hydroxylation sites is 6. The Morgan fingerprint density at radius 1 is 0.324 bits per heavy atom. The summed E-state index contributed by atoms with van der Waals surface area (Å²) in [4.78, 5) is 14.5. The normalized spacial score (nSPS) is 14.4. The van der Waals surface area contributed by atoms with E-state index < -0.39 is 0 Å². The van der Waals surface area contributed by atoms with E-state index in [1.54, 1.807) is 0 Å². The second-order valence-electron chi connectivity index (χ2n) is 19.1. The van der Waals surface area contributed by atoms with Crippen molar-refractivity contribution in [2.45, 2.75) is 38.5 Å². The van der Waals surface area contributed by atoms with Gasteiger partial charge in [0.2, 0.25) is 11.8 Å². The molecule has 6 heteroatoms. The average molecular weight is 879 g/mol. The molecule has 0 saturated carbocycles. The van der Waals surface area contributed by atoms with Crippen molar-refractivity contribution in [2.24, 2.45) is 0 Å². The van der Waals surface area contributed by atoms with Crippen molar-refractivity contribution in [1.82, 2.24) is 9.97 Å². The first-order chi connectivity index (χ1) is 33.2. The molecule has 0 saturated heterocycles. The van der Waals surface area contributed by atoms with Crippen molar-refractivity contribution in [3.63, 3.8) is 0 Å². The fourth-order valence-electron chi connectivity index (χ4n) is 10.7. The quantitative estimate of drug-likeness (QED) is 0.166. The van der Waals surface area contributed by atoms with Crippen LogP contribution in [0.2, 0.25) is 0 Å². The number of rotatable bonds is 6. The zero-order valence-corrected chi connectivity index (χ0v) is 38.2. The summed E-state index contributed by atoms with van der Waals surface area (Å²) in [6.07, 6.45) is 0. The predicted octanol–water partition coefficient (Wildman–Crippen LogP) is 16.9. The van der Waals surface area contributed by atoms with E-state index >= 15 is 0 Å². The Morgan fingerprint density at radius 3 is 1.15 bits per heavy atom. The first-order valence-corrected chi connectivity index (χ1v) is 23.3. The van der Waals surface area contributed by atoms with Crippen molar-refractivity contribution < 1.29 is 8.83 Å². The number of benzene rings is 9. The third-order valence-corrected chi connectivity index (χ3v) is 14.3. The molecule has 4 heterocycles. The van der Waals surface area contributed by atoms with Gasteiger partial charge in [-0.05, 0) is 148 Å². The third kappa shape index (κ3) is 6.25. The monoisotopic (exact) mass is 878 g/mol. The van der Waals surface area contributed by atoms with Gasteiger partial charge in [0.15, 0.2) is 11.2 Å². The molecule has 0 unspecified atom stereocenters. The van der Waals surface area contributed by atoms with Crippen LogP contribution in [-0.4, -0.2) is 9.97 Å². The van der Waals surface area contributed by atoms with Gasteiger partial charge < -0.3 is 18.6 Å². The fraction of sp³-hybridized carbons (Fsp3) is 0.0968. The number of nitrogens with zero attached hydrogens (tertiary/aromatic N) is 4. The Hall–Kier alpha value is -8.48. The molecule has 0 radical (unpaired) electrons. The first-order valence-electron chi connectivity index (χ1n) is 23.3. The summed E-state index contributed by atoms with van der Waals surface area (Å²) in [6, 6.07) is 73.5. The summed E-state index contributed by atoms with van der Waals surface area (Å²) in [7, 11) is 0. The van der Waals surface area contributed by atoms with Crippen molar-refractivity contribution in [2.75, 3.05) is 9.80 Å². The Balaban J connectivity index is 0.812. The molecule has 13 rings (SSSR count). The number of fused-ring (bicyclic) bond motifs is 6.